The number of carbonyl (C=O) groups is 1. The first-order valence-corrected chi connectivity index (χ1v) is 10.3. The Labute approximate surface area is 172 Å². The average Bonchev–Trinajstić information content (AvgIpc) is 3.11. The zero-order chi connectivity index (χ0) is 20.6. The van der Waals surface area contributed by atoms with Crippen LogP contribution in [0.1, 0.15) is 42.5 Å². The number of hydrogen-bond donors (Lipinski definition) is 1. The number of halogens is 4. The van der Waals surface area contributed by atoms with Gasteiger partial charge in [-0.25, -0.2) is 18.2 Å². The molecule has 2 fully saturated rings. The molecule has 1 aromatic carbocycles. The number of pyridine rings is 1. The topological polar surface area (TPSA) is 45.2 Å². The maximum Gasteiger partial charge on any atom is 0.253 e. The van der Waals surface area contributed by atoms with Gasteiger partial charge < -0.3 is 10.2 Å². The number of alkyl halides is 3. The minimum atomic E-state index is -2.65. The molecule has 2 aromatic rings. The van der Waals surface area contributed by atoms with E-state index in [9.17, 15) is 18.0 Å². The third kappa shape index (κ3) is 4.44. The summed E-state index contributed by atoms with van der Waals surface area (Å²) in [6, 6.07) is 6.85. The Morgan fingerprint density at radius 2 is 2.10 bits per heavy atom. The van der Waals surface area contributed by atoms with Crippen LogP contribution in [0, 0.1) is 5.92 Å². The molecule has 1 aliphatic carbocycles. The van der Waals surface area contributed by atoms with Crippen molar-refractivity contribution in [1.29, 1.82) is 0 Å². The summed E-state index contributed by atoms with van der Waals surface area (Å²) in [7, 11) is 0. The van der Waals surface area contributed by atoms with E-state index in [0.717, 1.165) is 0 Å². The van der Waals surface area contributed by atoms with Gasteiger partial charge in [0.05, 0.1) is 22.6 Å². The SMILES string of the molecule is O=C(NCC1CCCC(F)(F)C1)c1c(Cl)ccc2nc(N3CC[C@H](F)C3)ccc12. The van der Waals surface area contributed by atoms with Gasteiger partial charge in [-0.2, -0.15) is 0 Å². The van der Waals surface area contributed by atoms with Crippen LogP contribution in [0.4, 0.5) is 19.0 Å². The largest absolute Gasteiger partial charge is 0.354 e. The van der Waals surface area contributed by atoms with Gasteiger partial charge in [0.25, 0.3) is 5.91 Å². The molecule has 1 N–H and O–H groups in total. The minimum Gasteiger partial charge on any atom is -0.354 e. The van der Waals surface area contributed by atoms with Crippen molar-refractivity contribution >= 4 is 34.2 Å². The summed E-state index contributed by atoms with van der Waals surface area (Å²) in [6.45, 7) is 1.11. The van der Waals surface area contributed by atoms with Crippen molar-refractivity contribution in [1.82, 2.24) is 10.3 Å². The van der Waals surface area contributed by atoms with Crippen LogP contribution < -0.4 is 10.2 Å². The molecular formula is C21H23ClF3N3O. The number of aromatic nitrogens is 1. The molecule has 1 amide bonds. The fourth-order valence-electron chi connectivity index (χ4n) is 4.27. The number of amides is 1. The van der Waals surface area contributed by atoms with Gasteiger partial charge in [-0.15, -0.1) is 0 Å². The van der Waals surface area contributed by atoms with Crippen LogP contribution in [-0.4, -0.2) is 42.6 Å². The Balaban J connectivity index is 1.53. The van der Waals surface area contributed by atoms with Crippen molar-refractivity contribution in [3.63, 3.8) is 0 Å². The highest BCUT2D eigenvalue weighted by atomic mass is 35.5. The van der Waals surface area contributed by atoms with E-state index in [0.29, 0.717) is 49.1 Å². The average molecular weight is 426 g/mol. The number of rotatable bonds is 4. The maximum absolute atomic E-state index is 13.6. The van der Waals surface area contributed by atoms with Crippen LogP contribution in [0.25, 0.3) is 10.9 Å². The van der Waals surface area contributed by atoms with E-state index in [1.165, 1.54) is 0 Å². The number of nitrogens with zero attached hydrogens (tertiary/aromatic N) is 2. The lowest BCUT2D eigenvalue weighted by Gasteiger charge is -2.29. The summed E-state index contributed by atoms with van der Waals surface area (Å²) in [4.78, 5) is 19.2. The molecule has 29 heavy (non-hydrogen) atoms. The number of fused-ring (bicyclic) bond motifs is 1. The van der Waals surface area contributed by atoms with Crippen LogP contribution in [-0.2, 0) is 0 Å². The lowest BCUT2D eigenvalue weighted by Crippen LogP contribution is -2.35. The van der Waals surface area contributed by atoms with Gasteiger partial charge in [0, 0.05) is 31.3 Å². The van der Waals surface area contributed by atoms with E-state index in [-0.39, 0.29) is 35.9 Å². The fourth-order valence-corrected chi connectivity index (χ4v) is 4.53. The zero-order valence-corrected chi connectivity index (χ0v) is 16.7. The molecule has 1 saturated carbocycles. The fraction of sp³-hybridized carbons (Fsp3) is 0.524. The molecule has 2 heterocycles. The van der Waals surface area contributed by atoms with E-state index in [1.54, 1.807) is 24.3 Å². The van der Waals surface area contributed by atoms with Crippen molar-refractivity contribution in [2.45, 2.75) is 44.2 Å². The number of hydrogen-bond acceptors (Lipinski definition) is 3. The summed E-state index contributed by atoms with van der Waals surface area (Å²) in [6.07, 6.45) is 0.481. The Hall–Kier alpha value is -2.02. The van der Waals surface area contributed by atoms with Gasteiger partial charge >= 0.3 is 0 Å². The summed E-state index contributed by atoms with van der Waals surface area (Å²) in [5, 5.41) is 3.64. The van der Waals surface area contributed by atoms with E-state index in [1.807, 2.05) is 4.90 Å². The van der Waals surface area contributed by atoms with Gasteiger partial charge in [0.15, 0.2) is 0 Å². The molecular weight excluding hydrogens is 403 g/mol. The van der Waals surface area contributed by atoms with E-state index in [2.05, 4.69) is 10.3 Å². The smallest absolute Gasteiger partial charge is 0.253 e. The Bertz CT molecular complexity index is 923. The highest BCUT2D eigenvalue weighted by Gasteiger charge is 2.36. The number of carbonyl (C=O) groups excluding carboxylic acids is 1. The lowest BCUT2D eigenvalue weighted by molar-refractivity contribution is -0.0518. The molecule has 0 spiro atoms. The minimum absolute atomic E-state index is 0.0826. The monoisotopic (exact) mass is 425 g/mol. The molecule has 2 aliphatic rings. The van der Waals surface area contributed by atoms with Crippen LogP contribution in [0.15, 0.2) is 24.3 Å². The first kappa shape index (κ1) is 20.3. The van der Waals surface area contributed by atoms with Gasteiger partial charge in [-0.1, -0.05) is 11.6 Å². The van der Waals surface area contributed by atoms with Crippen LogP contribution in [0.2, 0.25) is 5.02 Å². The quantitative estimate of drug-likeness (QED) is 0.750. The second-order valence-electron chi connectivity index (χ2n) is 8.02. The second kappa shape index (κ2) is 8.01. The maximum atomic E-state index is 13.6. The Morgan fingerprint density at radius 3 is 2.83 bits per heavy atom. The lowest BCUT2D eigenvalue weighted by atomic mass is 9.86. The number of benzene rings is 1. The molecule has 0 bridgehead atoms. The second-order valence-corrected chi connectivity index (χ2v) is 8.43. The molecule has 156 valence electrons. The molecule has 1 unspecified atom stereocenters. The van der Waals surface area contributed by atoms with Crippen LogP contribution in [0.5, 0.6) is 0 Å². The molecule has 1 saturated heterocycles. The molecule has 8 heteroatoms. The summed E-state index contributed by atoms with van der Waals surface area (Å²) >= 11 is 6.28. The summed E-state index contributed by atoms with van der Waals surface area (Å²) in [5.74, 6) is -2.63. The molecule has 1 aromatic heterocycles. The highest BCUT2D eigenvalue weighted by Crippen LogP contribution is 2.36. The van der Waals surface area contributed by atoms with Crippen molar-refractivity contribution < 1.29 is 18.0 Å². The Morgan fingerprint density at radius 1 is 1.28 bits per heavy atom. The summed E-state index contributed by atoms with van der Waals surface area (Å²) in [5.41, 5.74) is 0.874. The zero-order valence-electron chi connectivity index (χ0n) is 15.9. The molecule has 0 radical (unpaired) electrons. The predicted molar refractivity (Wildman–Crippen MR) is 108 cm³/mol. The predicted octanol–water partition coefficient (Wildman–Crippen LogP) is 4.99. The summed E-state index contributed by atoms with van der Waals surface area (Å²) < 4.78 is 40.7. The van der Waals surface area contributed by atoms with Gasteiger partial charge in [0.1, 0.15) is 12.0 Å². The molecule has 4 nitrogen and oxygen atoms in total. The normalized spacial score (nSPS) is 24.1. The van der Waals surface area contributed by atoms with E-state index < -0.39 is 18.0 Å². The van der Waals surface area contributed by atoms with Gasteiger partial charge in [-0.3, -0.25) is 4.79 Å². The Kier molecular flexibility index (Phi) is 5.60. The van der Waals surface area contributed by atoms with Crippen molar-refractivity contribution in [3.8, 4) is 0 Å². The molecule has 1 aliphatic heterocycles. The van der Waals surface area contributed by atoms with Gasteiger partial charge in [0.2, 0.25) is 5.92 Å². The first-order valence-electron chi connectivity index (χ1n) is 9.97. The van der Waals surface area contributed by atoms with Crippen molar-refractivity contribution in [2.24, 2.45) is 5.92 Å². The molecule has 2 atom stereocenters. The third-order valence-corrected chi connectivity index (χ3v) is 6.10. The van der Waals surface area contributed by atoms with Crippen LogP contribution >= 0.6 is 11.6 Å². The first-order chi connectivity index (χ1) is 13.8. The number of anilines is 1. The number of nitrogens with one attached hydrogen (secondary N) is 1. The van der Waals surface area contributed by atoms with Crippen molar-refractivity contribution in [3.05, 3.63) is 34.9 Å². The third-order valence-electron chi connectivity index (χ3n) is 5.78. The van der Waals surface area contributed by atoms with Gasteiger partial charge in [-0.05, 0) is 49.4 Å². The highest BCUT2D eigenvalue weighted by molar-refractivity contribution is 6.35. The molecule has 4 rings (SSSR count). The van der Waals surface area contributed by atoms with E-state index in [4.69, 9.17) is 11.6 Å². The van der Waals surface area contributed by atoms with Crippen molar-refractivity contribution in [2.75, 3.05) is 24.5 Å². The standard InChI is InChI=1S/C21H23ClF3N3O/c22-16-4-5-17-15(3-6-18(27-17)28-9-7-14(23)12-28)19(16)20(29)26-11-13-2-1-8-21(24,25)10-13/h3-6,13-14H,1-2,7-12H2,(H,26,29)/t13?,14-/m0/s1. The van der Waals surface area contributed by atoms with Crippen LogP contribution in [0.3, 0.4) is 0 Å². The van der Waals surface area contributed by atoms with E-state index >= 15 is 0 Å².